The molecular formula is C40H47N3O5. The first kappa shape index (κ1) is 33.5. The van der Waals surface area contributed by atoms with Crippen molar-refractivity contribution in [3.63, 3.8) is 0 Å². The molecular weight excluding hydrogens is 602 g/mol. The van der Waals surface area contributed by atoms with Crippen molar-refractivity contribution in [2.75, 3.05) is 26.3 Å². The van der Waals surface area contributed by atoms with Gasteiger partial charge in [0.25, 0.3) is 12.4 Å². The van der Waals surface area contributed by atoms with Gasteiger partial charge in [0.2, 0.25) is 5.91 Å². The van der Waals surface area contributed by atoms with Crippen molar-refractivity contribution in [3.8, 4) is 5.75 Å². The van der Waals surface area contributed by atoms with Crippen LogP contribution < -0.4 is 10.1 Å². The number of amides is 2. The summed E-state index contributed by atoms with van der Waals surface area (Å²) >= 11 is 0. The Labute approximate surface area is 284 Å². The molecule has 2 heterocycles. The molecule has 6 rings (SSSR count). The summed E-state index contributed by atoms with van der Waals surface area (Å²) in [4.78, 5) is 41.9. The van der Waals surface area contributed by atoms with Gasteiger partial charge in [-0.05, 0) is 90.6 Å². The molecule has 0 spiro atoms. The zero-order valence-corrected chi connectivity index (χ0v) is 28.6. The Hall–Kier alpha value is -4.43. The maximum atomic E-state index is 14.8. The van der Waals surface area contributed by atoms with Gasteiger partial charge in [-0.3, -0.25) is 14.4 Å². The number of fused-ring (bicyclic) bond motifs is 2. The van der Waals surface area contributed by atoms with E-state index in [0.29, 0.717) is 52.2 Å². The molecule has 3 aliphatic rings. The summed E-state index contributed by atoms with van der Waals surface area (Å²) in [5.74, 6) is 1.01. The predicted molar refractivity (Wildman–Crippen MR) is 187 cm³/mol. The van der Waals surface area contributed by atoms with Crippen LogP contribution in [-0.2, 0) is 38.5 Å². The van der Waals surface area contributed by atoms with Crippen molar-refractivity contribution in [1.29, 1.82) is 0 Å². The summed E-state index contributed by atoms with van der Waals surface area (Å²) in [6, 6.07) is 21.0. The largest absolute Gasteiger partial charge is 0.493 e. The lowest BCUT2D eigenvalue weighted by Gasteiger charge is -2.44. The zero-order chi connectivity index (χ0) is 33.8. The fourth-order valence-corrected chi connectivity index (χ4v) is 7.19. The topological polar surface area (TPSA) is 88.2 Å². The molecule has 48 heavy (non-hydrogen) atoms. The molecule has 3 aromatic carbocycles. The number of carbonyl (C=O) groups excluding carboxylic acids is 3. The van der Waals surface area contributed by atoms with Crippen LogP contribution in [0, 0.1) is 20.8 Å². The predicted octanol–water partition coefficient (Wildman–Crippen LogP) is 5.49. The van der Waals surface area contributed by atoms with Crippen molar-refractivity contribution in [3.05, 3.63) is 105 Å². The second-order valence-electron chi connectivity index (χ2n) is 13.6. The van der Waals surface area contributed by atoms with Gasteiger partial charge < -0.3 is 24.6 Å². The molecule has 2 aliphatic heterocycles. The fourth-order valence-electron chi connectivity index (χ4n) is 7.19. The van der Waals surface area contributed by atoms with Crippen LogP contribution in [-0.4, -0.2) is 72.5 Å². The van der Waals surface area contributed by atoms with Crippen LogP contribution >= 0.6 is 0 Å². The summed E-state index contributed by atoms with van der Waals surface area (Å²) in [5, 5.41) is 3.69. The van der Waals surface area contributed by atoms with Crippen LogP contribution in [0.4, 0.5) is 0 Å². The van der Waals surface area contributed by atoms with Gasteiger partial charge in [-0.15, -0.1) is 0 Å². The number of carbonyl (C=O) groups is 3. The van der Waals surface area contributed by atoms with Gasteiger partial charge in [-0.2, -0.15) is 0 Å². The minimum atomic E-state index is -0.240. The summed E-state index contributed by atoms with van der Waals surface area (Å²) < 4.78 is 11.2. The minimum absolute atomic E-state index is 0.0362. The van der Waals surface area contributed by atoms with E-state index in [2.05, 4.69) is 68.6 Å². The number of nitrogens with one attached hydrogen (secondary N) is 1. The number of benzene rings is 3. The number of rotatable bonds is 13. The molecule has 252 valence electrons. The second-order valence-corrected chi connectivity index (χ2v) is 13.6. The van der Waals surface area contributed by atoms with E-state index >= 15 is 0 Å². The molecule has 8 nitrogen and oxygen atoms in total. The first-order valence-corrected chi connectivity index (χ1v) is 17.2. The van der Waals surface area contributed by atoms with Gasteiger partial charge in [0, 0.05) is 57.1 Å². The molecule has 2 unspecified atom stereocenters. The maximum absolute atomic E-state index is 14.8. The second kappa shape index (κ2) is 14.8. The molecule has 1 N–H and O–H groups in total. The minimum Gasteiger partial charge on any atom is -0.493 e. The molecule has 2 atom stereocenters. The first-order chi connectivity index (χ1) is 23.2. The van der Waals surface area contributed by atoms with E-state index in [1.165, 1.54) is 22.3 Å². The van der Waals surface area contributed by atoms with Crippen LogP contribution in [0.5, 0.6) is 5.75 Å². The highest BCUT2D eigenvalue weighted by molar-refractivity contribution is 6.03. The van der Waals surface area contributed by atoms with Gasteiger partial charge in [-0.25, -0.2) is 0 Å². The average Bonchev–Trinajstić information content (AvgIpc) is 3.92. The lowest BCUT2D eigenvalue weighted by Crippen LogP contribution is -2.61. The van der Waals surface area contributed by atoms with Crippen molar-refractivity contribution < 1.29 is 23.9 Å². The van der Waals surface area contributed by atoms with Crippen molar-refractivity contribution in [1.82, 2.24) is 15.1 Å². The van der Waals surface area contributed by atoms with E-state index in [1.807, 2.05) is 28.0 Å². The molecule has 1 saturated carbocycles. The molecule has 1 saturated heterocycles. The number of piperazine rings is 1. The van der Waals surface area contributed by atoms with Gasteiger partial charge >= 0.3 is 0 Å². The van der Waals surface area contributed by atoms with E-state index in [9.17, 15) is 14.4 Å². The third-order valence-electron chi connectivity index (χ3n) is 10.1. The van der Waals surface area contributed by atoms with Crippen LogP contribution in [0.1, 0.15) is 65.1 Å². The molecule has 0 radical (unpaired) electrons. The van der Waals surface area contributed by atoms with Crippen LogP contribution in [0.25, 0.3) is 5.57 Å². The monoisotopic (exact) mass is 649 g/mol. The Bertz CT molecular complexity index is 1690. The average molecular weight is 650 g/mol. The van der Waals surface area contributed by atoms with Crippen molar-refractivity contribution >= 4 is 23.9 Å². The van der Waals surface area contributed by atoms with Crippen LogP contribution in [0.15, 0.2) is 66.2 Å². The highest BCUT2D eigenvalue weighted by atomic mass is 16.5. The molecule has 3 aromatic rings. The van der Waals surface area contributed by atoms with Crippen LogP contribution in [0.2, 0.25) is 0 Å². The van der Waals surface area contributed by atoms with Gasteiger partial charge in [0.05, 0.1) is 19.3 Å². The fraction of sp³-hybridized carbons (Fsp3) is 0.425. The highest BCUT2D eigenvalue weighted by Gasteiger charge is 2.43. The van der Waals surface area contributed by atoms with E-state index < -0.39 is 0 Å². The van der Waals surface area contributed by atoms with Crippen molar-refractivity contribution in [2.45, 2.75) is 84.5 Å². The maximum Gasteiger partial charge on any atom is 0.293 e. The molecule has 1 aliphatic carbocycles. The third kappa shape index (κ3) is 7.65. The Kier molecular flexibility index (Phi) is 10.3. The summed E-state index contributed by atoms with van der Waals surface area (Å²) in [5.41, 5.74) is 9.83. The first-order valence-electron chi connectivity index (χ1n) is 17.2. The Morgan fingerprint density at radius 1 is 0.958 bits per heavy atom. The Balaban J connectivity index is 1.26. The molecule has 2 amide bonds. The Morgan fingerprint density at radius 3 is 2.42 bits per heavy atom. The number of ether oxygens (including phenoxy) is 2. The molecule has 2 fully saturated rings. The van der Waals surface area contributed by atoms with E-state index in [1.54, 1.807) is 6.92 Å². The van der Waals surface area contributed by atoms with Gasteiger partial charge in [0.1, 0.15) is 5.75 Å². The van der Waals surface area contributed by atoms with E-state index in [0.717, 1.165) is 52.8 Å². The summed E-state index contributed by atoms with van der Waals surface area (Å²) in [6.45, 7) is 10.9. The van der Waals surface area contributed by atoms with Crippen LogP contribution in [0.3, 0.4) is 0 Å². The third-order valence-corrected chi connectivity index (χ3v) is 10.1. The molecule has 2 bridgehead atoms. The quantitative estimate of drug-likeness (QED) is 0.195. The number of hydrogen-bond acceptors (Lipinski definition) is 6. The van der Waals surface area contributed by atoms with E-state index in [-0.39, 0.29) is 29.9 Å². The van der Waals surface area contributed by atoms with Gasteiger partial charge in [-0.1, -0.05) is 54.6 Å². The molecule has 8 heteroatoms. The smallest absolute Gasteiger partial charge is 0.293 e. The zero-order valence-electron chi connectivity index (χ0n) is 28.6. The lowest BCUT2D eigenvalue weighted by molar-refractivity contribution is -0.132. The number of hydrogen-bond donors (Lipinski definition) is 1. The molecule has 0 aromatic heterocycles. The number of nitrogens with zero attached hydrogens (tertiary/aromatic N) is 2. The SMILES string of the molecule is CC(=O)N1CC2CC(c3ccc(CCOc4cc(C)cc(C)c4C)cc3)=C(C(=O)N(Cc3ccccc3CCOC=O)C3CC3)C(C1)N2. The van der Waals surface area contributed by atoms with Gasteiger partial charge in [0.15, 0.2) is 0 Å². The summed E-state index contributed by atoms with van der Waals surface area (Å²) in [6.07, 6.45) is 4.00. The lowest BCUT2D eigenvalue weighted by atomic mass is 9.82. The summed E-state index contributed by atoms with van der Waals surface area (Å²) in [7, 11) is 0. The van der Waals surface area contributed by atoms with E-state index in [4.69, 9.17) is 9.47 Å². The highest BCUT2D eigenvalue weighted by Crippen LogP contribution is 2.38. The number of aryl methyl sites for hydroxylation is 2. The Morgan fingerprint density at radius 2 is 1.71 bits per heavy atom. The normalized spacial score (nSPS) is 18.8. The standard InChI is InChI=1S/C40H47N3O5/c1-26-19-27(2)28(3)38(20-26)48-18-15-30-9-11-32(12-10-30)36-21-34-23-42(29(4)45)24-37(41-34)39(36)40(46)43(35-13-14-35)22-33-8-6-5-7-31(33)16-17-47-25-44/h5-12,19-20,25,34-35,37,41H,13-18,21-24H2,1-4H3. The van der Waals surface area contributed by atoms with Crippen molar-refractivity contribution in [2.24, 2.45) is 0 Å².